The molecule has 3 amide bonds. The van der Waals surface area contributed by atoms with Crippen LogP contribution in [0.25, 0.3) is 6.08 Å². The summed E-state index contributed by atoms with van der Waals surface area (Å²) in [5.41, 5.74) is 0.631. The van der Waals surface area contributed by atoms with Crippen molar-refractivity contribution in [3.63, 3.8) is 0 Å². The number of thioether (sulfide) groups is 1. The van der Waals surface area contributed by atoms with Crippen molar-refractivity contribution < 1.29 is 28.2 Å². The van der Waals surface area contributed by atoms with Gasteiger partial charge in [0.15, 0.2) is 11.5 Å². The highest BCUT2D eigenvalue weighted by Crippen LogP contribution is 2.38. The number of carbonyl (C=O) groups is 3. The SMILES string of the molecule is CCOc1cc(/C=C2\SC(=O)N(CC(=O)Nc3ccccc3F)C2=O)cc(I)c1OC(C)C. The number of amides is 3. The third kappa shape index (κ3) is 6.26. The topological polar surface area (TPSA) is 84.9 Å². The van der Waals surface area contributed by atoms with Gasteiger partial charge in [-0.1, -0.05) is 12.1 Å². The van der Waals surface area contributed by atoms with Gasteiger partial charge in [-0.25, -0.2) is 4.39 Å². The van der Waals surface area contributed by atoms with Crippen molar-refractivity contribution in [3.8, 4) is 11.5 Å². The zero-order chi connectivity index (χ0) is 24.1. The first-order valence-electron chi connectivity index (χ1n) is 10.1. The van der Waals surface area contributed by atoms with Gasteiger partial charge < -0.3 is 14.8 Å². The second-order valence-electron chi connectivity index (χ2n) is 7.23. The Morgan fingerprint density at radius 3 is 2.67 bits per heavy atom. The molecule has 174 valence electrons. The normalized spacial score (nSPS) is 14.8. The summed E-state index contributed by atoms with van der Waals surface area (Å²) >= 11 is 2.86. The van der Waals surface area contributed by atoms with Gasteiger partial charge in [0.2, 0.25) is 5.91 Å². The quantitative estimate of drug-likeness (QED) is 0.336. The van der Waals surface area contributed by atoms with Crippen molar-refractivity contribution in [1.29, 1.82) is 0 Å². The van der Waals surface area contributed by atoms with Crippen LogP contribution in [0.1, 0.15) is 26.3 Å². The van der Waals surface area contributed by atoms with Crippen molar-refractivity contribution in [3.05, 3.63) is 56.3 Å². The molecule has 0 saturated carbocycles. The summed E-state index contributed by atoms with van der Waals surface area (Å²) in [7, 11) is 0. The second-order valence-corrected chi connectivity index (χ2v) is 9.38. The lowest BCUT2D eigenvalue weighted by molar-refractivity contribution is -0.127. The maximum absolute atomic E-state index is 13.7. The number of nitrogens with one attached hydrogen (secondary N) is 1. The van der Waals surface area contributed by atoms with Crippen molar-refractivity contribution in [2.24, 2.45) is 0 Å². The number of para-hydroxylation sites is 1. The number of imide groups is 1. The molecule has 0 bridgehead atoms. The molecule has 1 fully saturated rings. The van der Waals surface area contributed by atoms with Crippen LogP contribution in [0.3, 0.4) is 0 Å². The zero-order valence-corrected chi connectivity index (χ0v) is 21.2. The van der Waals surface area contributed by atoms with E-state index < -0.39 is 29.4 Å². The second kappa shape index (κ2) is 11.0. The van der Waals surface area contributed by atoms with E-state index in [0.29, 0.717) is 23.7 Å². The van der Waals surface area contributed by atoms with Gasteiger partial charge in [-0.3, -0.25) is 19.3 Å². The van der Waals surface area contributed by atoms with Crippen LogP contribution < -0.4 is 14.8 Å². The molecule has 0 aromatic heterocycles. The summed E-state index contributed by atoms with van der Waals surface area (Å²) in [6.45, 7) is 5.60. The van der Waals surface area contributed by atoms with Crippen molar-refractivity contribution in [1.82, 2.24) is 4.90 Å². The van der Waals surface area contributed by atoms with E-state index in [4.69, 9.17) is 9.47 Å². The van der Waals surface area contributed by atoms with E-state index in [1.165, 1.54) is 18.2 Å². The molecule has 1 N–H and O–H groups in total. The maximum Gasteiger partial charge on any atom is 0.294 e. The molecule has 1 heterocycles. The largest absolute Gasteiger partial charge is 0.490 e. The highest BCUT2D eigenvalue weighted by molar-refractivity contribution is 14.1. The first-order valence-corrected chi connectivity index (χ1v) is 12.0. The Bertz CT molecular complexity index is 1120. The Labute approximate surface area is 208 Å². The van der Waals surface area contributed by atoms with E-state index in [1.54, 1.807) is 18.2 Å². The molecule has 0 aliphatic carbocycles. The monoisotopic (exact) mass is 584 g/mol. The van der Waals surface area contributed by atoms with Gasteiger partial charge in [0.25, 0.3) is 11.1 Å². The van der Waals surface area contributed by atoms with Crippen LogP contribution in [0.15, 0.2) is 41.3 Å². The third-order valence-electron chi connectivity index (χ3n) is 4.31. The van der Waals surface area contributed by atoms with Gasteiger partial charge in [-0.05, 0) is 91.0 Å². The summed E-state index contributed by atoms with van der Waals surface area (Å²) in [6.07, 6.45) is 1.53. The minimum absolute atomic E-state index is 0.0215. The number of hydrogen-bond donors (Lipinski definition) is 1. The average Bonchev–Trinajstić information content (AvgIpc) is 2.99. The Kier molecular flexibility index (Phi) is 8.35. The predicted molar refractivity (Wildman–Crippen MR) is 134 cm³/mol. The predicted octanol–water partition coefficient (Wildman–Crippen LogP) is 5.29. The Morgan fingerprint density at radius 2 is 2.00 bits per heavy atom. The Balaban J connectivity index is 1.79. The van der Waals surface area contributed by atoms with Crippen molar-refractivity contribution >= 4 is 63.2 Å². The molecule has 0 spiro atoms. The van der Waals surface area contributed by atoms with Gasteiger partial charge in [-0.2, -0.15) is 0 Å². The number of hydrogen-bond acceptors (Lipinski definition) is 6. The van der Waals surface area contributed by atoms with Gasteiger partial charge in [0, 0.05) is 0 Å². The molecule has 0 radical (unpaired) electrons. The molecule has 1 saturated heterocycles. The first kappa shape index (κ1) is 25.0. The number of halogens is 2. The van der Waals surface area contributed by atoms with Crippen LogP contribution in [0.2, 0.25) is 0 Å². The summed E-state index contributed by atoms with van der Waals surface area (Å²) in [6, 6.07) is 9.21. The highest BCUT2D eigenvalue weighted by Gasteiger charge is 2.36. The Morgan fingerprint density at radius 1 is 1.27 bits per heavy atom. The maximum atomic E-state index is 13.7. The van der Waals surface area contributed by atoms with E-state index in [0.717, 1.165) is 20.2 Å². The van der Waals surface area contributed by atoms with Crippen LogP contribution in [0.4, 0.5) is 14.9 Å². The van der Waals surface area contributed by atoms with Crippen LogP contribution in [0.5, 0.6) is 11.5 Å². The summed E-state index contributed by atoms with van der Waals surface area (Å²) < 4.78 is 26.1. The number of anilines is 1. The smallest absolute Gasteiger partial charge is 0.294 e. The minimum atomic E-state index is -0.674. The van der Waals surface area contributed by atoms with E-state index in [1.807, 2.05) is 26.8 Å². The van der Waals surface area contributed by atoms with Crippen LogP contribution in [-0.4, -0.2) is 41.2 Å². The lowest BCUT2D eigenvalue weighted by Gasteiger charge is -2.17. The number of benzene rings is 2. The van der Waals surface area contributed by atoms with E-state index in [2.05, 4.69) is 27.9 Å². The fraction of sp³-hybridized carbons (Fsp3) is 0.261. The lowest BCUT2D eigenvalue weighted by Crippen LogP contribution is -2.36. The molecule has 3 rings (SSSR count). The number of carbonyl (C=O) groups excluding carboxylic acids is 3. The highest BCUT2D eigenvalue weighted by atomic mass is 127. The van der Waals surface area contributed by atoms with Crippen LogP contribution in [-0.2, 0) is 9.59 Å². The standard InChI is InChI=1S/C23H22FIN2O5S/c1-4-31-18-10-14(9-16(25)21(18)32-13(2)3)11-19-22(29)27(23(30)33-19)12-20(28)26-17-8-6-5-7-15(17)24/h5-11,13H,4,12H2,1-3H3,(H,26,28)/b19-11-. The minimum Gasteiger partial charge on any atom is -0.490 e. The molecule has 7 nitrogen and oxygen atoms in total. The fourth-order valence-corrected chi connectivity index (χ4v) is 4.56. The van der Waals surface area contributed by atoms with E-state index >= 15 is 0 Å². The van der Waals surface area contributed by atoms with Gasteiger partial charge >= 0.3 is 0 Å². The van der Waals surface area contributed by atoms with Crippen LogP contribution >= 0.6 is 34.4 Å². The molecular weight excluding hydrogens is 562 g/mol. The summed E-state index contributed by atoms with van der Waals surface area (Å²) in [5, 5.41) is 1.80. The van der Waals surface area contributed by atoms with E-state index in [9.17, 15) is 18.8 Å². The summed E-state index contributed by atoms with van der Waals surface area (Å²) in [4.78, 5) is 38.5. The molecule has 2 aromatic carbocycles. The van der Waals surface area contributed by atoms with Crippen molar-refractivity contribution in [2.75, 3.05) is 18.5 Å². The molecule has 1 aliphatic heterocycles. The van der Waals surface area contributed by atoms with Gasteiger partial charge in [-0.15, -0.1) is 0 Å². The molecular formula is C23H22FIN2O5S. The van der Waals surface area contributed by atoms with Crippen molar-refractivity contribution in [2.45, 2.75) is 26.9 Å². The first-order chi connectivity index (χ1) is 15.7. The third-order valence-corrected chi connectivity index (χ3v) is 6.01. The molecule has 2 aromatic rings. The van der Waals surface area contributed by atoms with Gasteiger partial charge in [0.05, 0.1) is 26.9 Å². The summed E-state index contributed by atoms with van der Waals surface area (Å²) in [5.74, 6) is -0.726. The fourth-order valence-electron chi connectivity index (χ4n) is 2.97. The van der Waals surface area contributed by atoms with Crippen LogP contribution in [0, 0.1) is 9.39 Å². The molecule has 1 aliphatic rings. The lowest BCUT2D eigenvalue weighted by atomic mass is 10.1. The number of nitrogens with zero attached hydrogens (tertiary/aromatic N) is 1. The Hall–Kier alpha value is -2.60. The van der Waals surface area contributed by atoms with Gasteiger partial charge in [0.1, 0.15) is 12.4 Å². The molecule has 10 heteroatoms. The zero-order valence-electron chi connectivity index (χ0n) is 18.2. The molecule has 0 atom stereocenters. The molecule has 0 unspecified atom stereocenters. The molecule has 33 heavy (non-hydrogen) atoms. The average molecular weight is 584 g/mol. The number of rotatable bonds is 8. The van der Waals surface area contributed by atoms with E-state index in [-0.39, 0.29) is 16.7 Å². The number of ether oxygens (including phenoxy) is 2.